The molecule has 1 aromatic carbocycles. The van der Waals surface area contributed by atoms with Gasteiger partial charge in [0.1, 0.15) is 12.6 Å². The molecular weight excluding hydrogens is 301 g/mol. The zero-order valence-corrected chi connectivity index (χ0v) is 12.7. The minimum absolute atomic E-state index is 0.163. The number of aliphatic carboxylic acids is 1. The molecule has 0 bridgehead atoms. The van der Waals surface area contributed by atoms with Crippen molar-refractivity contribution in [2.75, 3.05) is 19.7 Å². The van der Waals surface area contributed by atoms with Crippen molar-refractivity contribution in [3.63, 3.8) is 0 Å². The van der Waals surface area contributed by atoms with Crippen LogP contribution in [0, 0.1) is 5.92 Å². The number of rotatable bonds is 5. The van der Waals surface area contributed by atoms with Crippen molar-refractivity contribution in [3.05, 3.63) is 28.2 Å². The van der Waals surface area contributed by atoms with Gasteiger partial charge in [0.15, 0.2) is 5.75 Å². The lowest BCUT2D eigenvalue weighted by Crippen LogP contribution is -2.41. The number of carboxylic acid groups (broad SMARTS) is 1. The molecular formula is C14H17Cl2NO3. The molecule has 1 aromatic rings. The van der Waals surface area contributed by atoms with E-state index in [4.69, 9.17) is 27.9 Å². The van der Waals surface area contributed by atoms with Crippen molar-refractivity contribution < 1.29 is 14.6 Å². The topological polar surface area (TPSA) is 49.8 Å². The van der Waals surface area contributed by atoms with Gasteiger partial charge in [-0.05, 0) is 31.0 Å². The number of halogens is 2. The number of hydrogen-bond donors (Lipinski definition) is 1. The molecule has 6 heteroatoms. The molecule has 1 aliphatic heterocycles. The number of ether oxygens (including phenoxy) is 1. The first kappa shape index (κ1) is 15.4. The van der Waals surface area contributed by atoms with Gasteiger partial charge in [-0.2, -0.15) is 0 Å². The number of hydrogen-bond acceptors (Lipinski definition) is 3. The van der Waals surface area contributed by atoms with Gasteiger partial charge in [0.05, 0.1) is 10.0 Å². The molecule has 0 aromatic heterocycles. The van der Waals surface area contributed by atoms with Gasteiger partial charge in [0, 0.05) is 6.54 Å². The summed E-state index contributed by atoms with van der Waals surface area (Å²) in [6.45, 7) is 3.64. The molecule has 0 amide bonds. The Morgan fingerprint density at radius 3 is 2.70 bits per heavy atom. The number of likely N-dealkylation sites (tertiary alicyclic amines) is 1. The van der Waals surface area contributed by atoms with Crippen LogP contribution in [-0.2, 0) is 4.79 Å². The maximum atomic E-state index is 11.2. The fraction of sp³-hybridized carbons (Fsp3) is 0.500. The van der Waals surface area contributed by atoms with E-state index >= 15 is 0 Å². The van der Waals surface area contributed by atoms with Gasteiger partial charge in [0.2, 0.25) is 0 Å². The van der Waals surface area contributed by atoms with Crippen LogP contribution in [0.1, 0.15) is 13.3 Å². The largest absolute Gasteiger partial charge is 0.489 e. The second-order valence-corrected chi connectivity index (χ2v) is 5.80. The molecule has 2 rings (SSSR count). The normalized spacial score (nSPS) is 22.9. The summed E-state index contributed by atoms with van der Waals surface area (Å²) in [7, 11) is 0. The smallest absolute Gasteiger partial charge is 0.321 e. The molecule has 1 aliphatic rings. The summed E-state index contributed by atoms with van der Waals surface area (Å²) in [5, 5.41) is 10.2. The second-order valence-electron chi connectivity index (χ2n) is 4.98. The number of carbonyl (C=O) groups is 1. The highest BCUT2D eigenvalue weighted by molar-refractivity contribution is 6.37. The molecule has 2 unspecified atom stereocenters. The third-order valence-electron chi connectivity index (χ3n) is 3.60. The molecule has 0 saturated carbocycles. The Kier molecular flexibility index (Phi) is 5.13. The number of carboxylic acids is 1. The highest BCUT2D eigenvalue weighted by atomic mass is 35.5. The van der Waals surface area contributed by atoms with Gasteiger partial charge in [-0.1, -0.05) is 36.2 Å². The molecule has 20 heavy (non-hydrogen) atoms. The SMILES string of the molecule is CC1CCN(CCOc2c(Cl)cccc2Cl)C1C(=O)O. The van der Waals surface area contributed by atoms with Crippen LogP contribution in [0.3, 0.4) is 0 Å². The third kappa shape index (κ3) is 3.37. The molecule has 4 nitrogen and oxygen atoms in total. The van der Waals surface area contributed by atoms with Gasteiger partial charge in [0.25, 0.3) is 0 Å². The number of nitrogens with zero attached hydrogens (tertiary/aromatic N) is 1. The summed E-state index contributed by atoms with van der Waals surface area (Å²) < 4.78 is 5.59. The maximum absolute atomic E-state index is 11.2. The summed E-state index contributed by atoms with van der Waals surface area (Å²) >= 11 is 12.0. The van der Waals surface area contributed by atoms with E-state index in [2.05, 4.69) is 0 Å². The van der Waals surface area contributed by atoms with Crippen LogP contribution in [0.4, 0.5) is 0 Å². The Labute approximate surface area is 128 Å². The predicted octanol–water partition coefficient (Wildman–Crippen LogP) is 3.17. The number of para-hydroxylation sites is 1. The van der Waals surface area contributed by atoms with Crippen LogP contribution < -0.4 is 4.74 Å². The lowest BCUT2D eigenvalue weighted by molar-refractivity contribution is -0.143. The maximum Gasteiger partial charge on any atom is 0.321 e. The van der Waals surface area contributed by atoms with Crippen molar-refractivity contribution in [1.82, 2.24) is 4.90 Å². The van der Waals surface area contributed by atoms with E-state index in [0.29, 0.717) is 28.9 Å². The first-order chi connectivity index (χ1) is 9.50. The van der Waals surface area contributed by atoms with Crippen molar-refractivity contribution in [3.8, 4) is 5.75 Å². The monoisotopic (exact) mass is 317 g/mol. The van der Waals surface area contributed by atoms with Crippen LogP contribution in [0.2, 0.25) is 10.0 Å². The van der Waals surface area contributed by atoms with Crippen molar-refractivity contribution in [2.45, 2.75) is 19.4 Å². The average Bonchev–Trinajstić information content (AvgIpc) is 2.74. The van der Waals surface area contributed by atoms with E-state index in [9.17, 15) is 9.90 Å². The van der Waals surface area contributed by atoms with E-state index in [1.165, 1.54) is 0 Å². The van der Waals surface area contributed by atoms with E-state index in [-0.39, 0.29) is 5.92 Å². The van der Waals surface area contributed by atoms with Crippen LogP contribution in [0.5, 0.6) is 5.75 Å². The lowest BCUT2D eigenvalue weighted by atomic mass is 10.0. The Morgan fingerprint density at radius 2 is 2.10 bits per heavy atom. The lowest BCUT2D eigenvalue weighted by Gasteiger charge is -2.23. The van der Waals surface area contributed by atoms with Crippen LogP contribution >= 0.6 is 23.2 Å². The molecule has 0 spiro atoms. The standard InChI is InChI=1S/C14H17Cl2NO3/c1-9-5-6-17(12(9)14(18)19)7-8-20-13-10(15)3-2-4-11(13)16/h2-4,9,12H,5-8H2,1H3,(H,18,19). The van der Waals surface area contributed by atoms with E-state index in [1.807, 2.05) is 11.8 Å². The van der Waals surface area contributed by atoms with Gasteiger partial charge in [-0.15, -0.1) is 0 Å². The summed E-state index contributed by atoms with van der Waals surface area (Å²) in [5.74, 6) is -0.155. The summed E-state index contributed by atoms with van der Waals surface area (Å²) in [5.41, 5.74) is 0. The van der Waals surface area contributed by atoms with Crippen LogP contribution in [0.15, 0.2) is 18.2 Å². The van der Waals surface area contributed by atoms with Crippen LogP contribution in [0.25, 0.3) is 0 Å². The van der Waals surface area contributed by atoms with E-state index in [0.717, 1.165) is 13.0 Å². The average molecular weight is 318 g/mol. The Balaban J connectivity index is 1.91. The Bertz CT molecular complexity index is 475. The van der Waals surface area contributed by atoms with Gasteiger partial charge in [-0.3, -0.25) is 9.69 Å². The highest BCUT2D eigenvalue weighted by Crippen LogP contribution is 2.32. The summed E-state index contributed by atoms with van der Waals surface area (Å²) in [6, 6.07) is 4.74. The van der Waals surface area contributed by atoms with E-state index in [1.54, 1.807) is 18.2 Å². The molecule has 1 heterocycles. The minimum Gasteiger partial charge on any atom is -0.489 e. The quantitative estimate of drug-likeness (QED) is 0.906. The van der Waals surface area contributed by atoms with Crippen molar-refractivity contribution in [2.24, 2.45) is 5.92 Å². The second kappa shape index (κ2) is 6.66. The minimum atomic E-state index is -0.772. The van der Waals surface area contributed by atoms with Crippen LogP contribution in [-0.4, -0.2) is 41.7 Å². The van der Waals surface area contributed by atoms with Crippen molar-refractivity contribution >= 4 is 29.2 Å². The molecule has 0 radical (unpaired) electrons. The third-order valence-corrected chi connectivity index (χ3v) is 4.20. The van der Waals surface area contributed by atoms with Gasteiger partial charge >= 0.3 is 5.97 Å². The fourth-order valence-corrected chi connectivity index (χ4v) is 3.07. The zero-order chi connectivity index (χ0) is 14.7. The predicted molar refractivity (Wildman–Crippen MR) is 78.7 cm³/mol. The van der Waals surface area contributed by atoms with E-state index < -0.39 is 12.0 Å². The molecule has 0 aliphatic carbocycles. The first-order valence-corrected chi connectivity index (χ1v) is 7.30. The van der Waals surface area contributed by atoms with Crippen molar-refractivity contribution in [1.29, 1.82) is 0 Å². The first-order valence-electron chi connectivity index (χ1n) is 6.54. The zero-order valence-electron chi connectivity index (χ0n) is 11.2. The Morgan fingerprint density at radius 1 is 1.45 bits per heavy atom. The highest BCUT2D eigenvalue weighted by Gasteiger charge is 2.36. The molecule has 110 valence electrons. The molecule has 1 saturated heterocycles. The van der Waals surface area contributed by atoms with Gasteiger partial charge < -0.3 is 9.84 Å². The molecule has 1 fully saturated rings. The Hall–Kier alpha value is -0.970. The molecule has 2 atom stereocenters. The number of benzene rings is 1. The molecule has 1 N–H and O–H groups in total. The fourth-order valence-electron chi connectivity index (χ4n) is 2.56. The van der Waals surface area contributed by atoms with Gasteiger partial charge in [-0.25, -0.2) is 0 Å². The summed E-state index contributed by atoms with van der Waals surface area (Å²) in [4.78, 5) is 13.2. The summed E-state index contributed by atoms with van der Waals surface area (Å²) in [6.07, 6.45) is 0.893.